The lowest BCUT2D eigenvalue weighted by Crippen LogP contribution is -2.21. The molecule has 0 unspecified atom stereocenters. The lowest BCUT2D eigenvalue weighted by molar-refractivity contribution is -0.118. The Morgan fingerprint density at radius 3 is 2.61 bits per heavy atom. The average molecular weight is 419 g/mol. The van der Waals surface area contributed by atoms with Crippen LogP contribution in [0.5, 0.6) is 5.75 Å². The summed E-state index contributed by atoms with van der Waals surface area (Å²) in [5, 5.41) is 2.92. The maximum absolute atomic E-state index is 12.5. The van der Waals surface area contributed by atoms with E-state index in [1.54, 1.807) is 48.5 Å². The Labute approximate surface area is 176 Å². The van der Waals surface area contributed by atoms with Gasteiger partial charge in [0.1, 0.15) is 11.3 Å². The molecule has 1 N–H and O–H groups in total. The number of ether oxygens (including phenoxy) is 2. The number of nitrogens with one attached hydrogen (secondary N) is 1. The van der Waals surface area contributed by atoms with Crippen LogP contribution < -0.4 is 15.5 Å². The number of esters is 1. The minimum atomic E-state index is -0.563. The number of hydrogen-bond acceptors (Lipinski definition) is 7. The number of carbonyl (C=O) groups excluding carboxylic acids is 2. The lowest BCUT2D eigenvalue weighted by atomic mass is 10.2. The number of fused-ring (bicyclic) bond motifs is 1. The minimum absolute atomic E-state index is 0.231. The fraction of sp³-hybridized carbons (Fsp3) is 0.0870. The number of hydrogen-bond donors (Lipinski definition) is 1. The first-order valence-electron chi connectivity index (χ1n) is 9.27. The number of furan rings is 1. The smallest absolute Gasteiger partial charge is 0.339 e. The molecular weight excluding hydrogens is 402 g/mol. The molecule has 2 aromatic heterocycles. The quantitative estimate of drug-likeness (QED) is 0.473. The third-order valence-electron chi connectivity index (χ3n) is 4.44. The maximum Gasteiger partial charge on any atom is 0.339 e. The van der Waals surface area contributed by atoms with Crippen LogP contribution in [-0.2, 0) is 9.53 Å². The highest BCUT2D eigenvalue weighted by molar-refractivity contribution is 6.01. The summed E-state index contributed by atoms with van der Waals surface area (Å²) < 4.78 is 21.2. The van der Waals surface area contributed by atoms with Gasteiger partial charge in [0.2, 0.25) is 0 Å². The van der Waals surface area contributed by atoms with E-state index in [4.69, 9.17) is 18.3 Å². The Morgan fingerprint density at radius 1 is 1.00 bits per heavy atom. The van der Waals surface area contributed by atoms with Gasteiger partial charge in [0, 0.05) is 6.07 Å². The summed E-state index contributed by atoms with van der Waals surface area (Å²) in [6, 6.07) is 15.9. The first-order chi connectivity index (χ1) is 15.0. The summed E-state index contributed by atoms with van der Waals surface area (Å²) in [7, 11) is 1.26. The van der Waals surface area contributed by atoms with Gasteiger partial charge in [-0.1, -0.05) is 12.1 Å². The van der Waals surface area contributed by atoms with Crippen molar-refractivity contribution < 1.29 is 27.9 Å². The van der Waals surface area contributed by atoms with Crippen molar-refractivity contribution in [2.45, 2.75) is 0 Å². The van der Waals surface area contributed by atoms with E-state index in [9.17, 15) is 14.4 Å². The number of para-hydroxylation sites is 1. The molecule has 2 aromatic carbocycles. The van der Waals surface area contributed by atoms with Gasteiger partial charge in [-0.2, -0.15) is 0 Å². The average Bonchev–Trinajstić information content (AvgIpc) is 3.33. The molecule has 1 amide bonds. The summed E-state index contributed by atoms with van der Waals surface area (Å²) >= 11 is 0. The van der Waals surface area contributed by atoms with E-state index in [1.165, 1.54) is 25.5 Å². The highest BCUT2D eigenvalue weighted by Crippen LogP contribution is 2.25. The predicted octanol–water partition coefficient (Wildman–Crippen LogP) is 3.86. The van der Waals surface area contributed by atoms with Crippen LogP contribution in [0, 0.1) is 0 Å². The Morgan fingerprint density at radius 2 is 1.84 bits per heavy atom. The van der Waals surface area contributed by atoms with Gasteiger partial charge < -0.3 is 23.6 Å². The second-order valence-electron chi connectivity index (χ2n) is 6.48. The largest absolute Gasteiger partial charge is 0.484 e. The predicted molar refractivity (Wildman–Crippen MR) is 112 cm³/mol. The monoisotopic (exact) mass is 419 g/mol. The molecule has 0 atom stereocenters. The second-order valence-corrected chi connectivity index (χ2v) is 6.48. The molecule has 0 bridgehead atoms. The Balaban J connectivity index is 1.48. The molecule has 0 aliphatic heterocycles. The molecule has 8 heteroatoms. The third-order valence-corrected chi connectivity index (χ3v) is 4.44. The SMILES string of the molecule is COC(=O)c1ccccc1NC(=O)COc1ccc2oc(-c3ccco3)cc(=O)c2c1. The number of carbonyl (C=O) groups is 2. The molecule has 0 aliphatic carbocycles. The van der Waals surface area contributed by atoms with Crippen LogP contribution in [0.25, 0.3) is 22.5 Å². The molecule has 156 valence electrons. The molecule has 0 aliphatic rings. The van der Waals surface area contributed by atoms with Gasteiger partial charge in [-0.05, 0) is 42.5 Å². The maximum atomic E-state index is 12.5. The second kappa shape index (κ2) is 8.58. The van der Waals surface area contributed by atoms with Gasteiger partial charge in [-0.3, -0.25) is 9.59 Å². The minimum Gasteiger partial charge on any atom is -0.484 e. The highest BCUT2D eigenvalue weighted by atomic mass is 16.5. The normalized spacial score (nSPS) is 10.6. The third kappa shape index (κ3) is 4.32. The zero-order chi connectivity index (χ0) is 21.8. The molecule has 4 rings (SSSR count). The molecular formula is C23H17NO7. The van der Waals surface area contributed by atoms with E-state index >= 15 is 0 Å². The van der Waals surface area contributed by atoms with Gasteiger partial charge in [0.25, 0.3) is 5.91 Å². The van der Waals surface area contributed by atoms with Crippen molar-refractivity contribution in [1.82, 2.24) is 0 Å². The number of amides is 1. The van der Waals surface area contributed by atoms with Crippen LogP contribution in [0.1, 0.15) is 10.4 Å². The van der Waals surface area contributed by atoms with Crippen LogP contribution in [0.3, 0.4) is 0 Å². The molecule has 8 nitrogen and oxygen atoms in total. The first-order valence-corrected chi connectivity index (χ1v) is 9.27. The van der Waals surface area contributed by atoms with Crippen molar-refractivity contribution in [3.8, 4) is 17.3 Å². The molecule has 0 spiro atoms. The highest BCUT2D eigenvalue weighted by Gasteiger charge is 2.14. The van der Waals surface area contributed by atoms with E-state index in [0.29, 0.717) is 33.9 Å². The van der Waals surface area contributed by atoms with Gasteiger partial charge in [-0.15, -0.1) is 0 Å². The molecule has 0 fully saturated rings. The van der Waals surface area contributed by atoms with E-state index in [2.05, 4.69) is 5.32 Å². The number of anilines is 1. The van der Waals surface area contributed by atoms with Gasteiger partial charge >= 0.3 is 5.97 Å². The van der Waals surface area contributed by atoms with Crippen molar-refractivity contribution in [2.75, 3.05) is 19.0 Å². The van der Waals surface area contributed by atoms with Crippen LogP contribution in [-0.4, -0.2) is 25.6 Å². The van der Waals surface area contributed by atoms with Crippen molar-refractivity contribution in [1.29, 1.82) is 0 Å². The Bertz CT molecular complexity index is 1310. The summed E-state index contributed by atoms with van der Waals surface area (Å²) in [6.07, 6.45) is 1.49. The summed E-state index contributed by atoms with van der Waals surface area (Å²) in [5.74, 6) is 0.0497. The molecule has 0 saturated heterocycles. The van der Waals surface area contributed by atoms with E-state index in [-0.39, 0.29) is 17.6 Å². The lowest BCUT2D eigenvalue weighted by Gasteiger charge is -2.11. The topological polar surface area (TPSA) is 108 Å². The van der Waals surface area contributed by atoms with Gasteiger partial charge in [-0.25, -0.2) is 4.79 Å². The summed E-state index contributed by atoms with van der Waals surface area (Å²) in [4.78, 5) is 36.6. The molecule has 0 radical (unpaired) electrons. The van der Waals surface area contributed by atoms with Crippen molar-refractivity contribution >= 4 is 28.5 Å². The zero-order valence-electron chi connectivity index (χ0n) is 16.4. The Kier molecular flexibility index (Phi) is 5.53. The fourth-order valence-electron chi connectivity index (χ4n) is 2.98. The van der Waals surface area contributed by atoms with Crippen molar-refractivity contribution in [3.05, 3.63) is 82.7 Å². The number of benzene rings is 2. The summed E-state index contributed by atoms with van der Waals surface area (Å²) in [6.45, 7) is -0.323. The van der Waals surface area contributed by atoms with Crippen LogP contribution >= 0.6 is 0 Å². The van der Waals surface area contributed by atoms with Crippen molar-refractivity contribution in [2.24, 2.45) is 0 Å². The van der Waals surface area contributed by atoms with Crippen LogP contribution in [0.15, 0.2) is 80.6 Å². The van der Waals surface area contributed by atoms with E-state index in [0.717, 1.165) is 0 Å². The van der Waals surface area contributed by atoms with Crippen LogP contribution in [0.4, 0.5) is 5.69 Å². The first kappa shape index (κ1) is 20.0. The standard InChI is InChI=1S/C23H17NO7/c1-28-23(27)15-5-2-3-6-17(15)24-22(26)13-30-14-8-9-19-16(11-14)18(25)12-21(31-19)20-7-4-10-29-20/h2-12H,13H2,1H3,(H,24,26). The number of methoxy groups -OCH3 is 1. The van der Waals surface area contributed by atoms with Crippen LogP contribution in [0.2, 0.25) is 0 Å². The van der Waals surface area contributed by atoms with E-state index in [1.807, 2.05) is 0 Å². The molecule has 31 heavy (non-hydrogen) atoms. The van der Waals surface area contributed by atoms with E-state index < -0.39 is 11.9 Å². The fourth-order valence-corrected chi connectivity index (χ4v) is 2.98. The molecule has 4 aromatic rings. The summed E-state index contributed by atoms with van der Waals surface area (Å²) in [5.41, 5.74) is 0.638. The van der Waals surface area contributed by atoms with Gasteiger partial charge in [0.05, 0.1) is 30.0 Å². The van der Waals surface area contributed by atoms with Gasteiger partial charge in [0.15, 0.2) is 23.6 Å². The number of rotatable bonds is 6. The zero-order valence-corrected chi connectivity index (χ0v) is 16.4. The Hall–Kier alpha value is -4.33. The molecule has 0 saturated carbocycles. The molecule has 2 heterocycles. The van der Waals surface area contributed by atoms with Crippen molar-refractivity contribution in [3.63, 3.8) is 0 Å².